The van der Waals surface area contributed by atoms with Crippen molar-refractivity contribution in [2.75, 3.05) is 40.5 Å². The number of nitrogens with one attached hydrogen (secondary N) is 3. The molecule has 0 aliphatic carbocycles. The van der Waals surface area contributed by atoms with Crippen molar-refractivity contribution < 1.29 is 29.0 Å². The number of ether oxygens (including phenoxy) is 2. The summed E-state index contributed by atoms with van der Waals surface area (Å²) in [6.07, 6.45) is 0.845. The second kappa shape index (κ2) is 15.4. The molecule has 0 bridgehead atoms. The van der Waals surface area contributed by atoms with E-state index in [1.165, 1.54) is 0 Å². The molecule has 4 N–H and O–H groups in total. The lowest BCUT2D eigenvalue weighted by atomic mass is 9.89. The maximum absolute atomic E-state index is 12.9. The van der Waals surface area contributed by atoms with Crippen LogP contribution >= 0.6 is 0 Å². The fourth-order valence-electron chi connectivity index (χ4n) is 3.68. The number of carbonyl (C=O) groups is 3. The smallest absolute Gasteiger partial charge is 0.303 e. The summed E-state index contributed by atoms with van der Waals surface area (Å²) < 4.78 is 11.3. The first-order valence-corrected chi connectivity index (χ1v) is 12.2. The highest BCUT2D eigenvalue weighted by atomic mass is 16.5. The summed E-state index contributed by atoms with van der Waals surface area (Å²) in [6, 6.07) is -1.75. The number of methoxy groups -OCH3 is 1. The van der Waals surface area contributed by atoms with E-state index in [-0.39, 0.29) is 47.3 Å². The van der Waals surface area contributed by atoms with E-state index < -0.39 is 18.1 Å². The van der Waals surface area contributed by atoms with Gasteiger partial charge in [-0.2, -0.15) is 0 Å². The van der Waals surface area contributed by atoms with Crippen LogP contribution in [0.25, 0.3) is 0 Å². The molecule has 0 aromatic rings. The second-order valence-electron chi connectivity index (χ2n) is 10.8. The van der Waals surface area contributed by atoms with Crippen LogP contribution in [0, 0.1) is 16.7 Å². The molecule has 0 radical (unpaired) electrons. The van der Waals surface area contributed by atoms with Gasteiger partial charge in [-0.05, 0) is 32.7 Å². The van der Waals surface area contributed by atoms with E-state index in [0.717, 1.165) is 6.42 Å². The zero-order valence-electron chi connectivity index (χ0n) is 22.7. The van der Waals surface area contributed by atoms with Crippen molar-refractivity contribution >= 4 is 17.7 Å². The van der Waals surface area contributed by atoms with E-state index in [0.29, 0.717) is 26.4 Å². The van der Waals surface area contributed by atoms with Gasteiger partial charge in [0.1, 0.15) is 0 Å². The van der Waals surface area contributed by atoms with Crippen molar-refractivity contribution in [1.29, 1.82) is 0 Å². The fourth-order valence-corrected chi connectivity index (χ4v) is 3.68. The molecular formula is C25H49N3O6. The van der Waals surface area contributed by atoms with Crippen LogP contribution < -0.4 is 16.0 Å². The van der Waals surface area contributed by atoms with E-state index >= 15 is 0 Å². The van der Waals surface area contributed by atoms with Gasteiger partial charge in [-0.3, -0.25) is 19.7 Å². The minimum atomic E-state index is -0.988. The summed E-state index contributed by atoms with van der Waals surface area (Å²) in [4.78, 5) is 36.9. The monoisotopic (exact) mass is 487 g/mol. The van der Waals surface area contributed by atoms with Gasteiger partial charge in [-0.15, -0.1) is 0 Å². The lowest BCUT2D eigenvalue weighted by Gasteiger charge is -2.31. The average Bonchev–Trinajstić information content (AvgIpc) is 2.74. The number of Topliss-reactive ketones (excluding diaryl/α,β-unsaturated/α-hetero) is 1. The van der Waals surface area contributed by atoms with Gasteiger partial charge < -0.3 is 25.2 Å². The fraction of sp³-hybridized carbons (Fsp3) is 0.880. The van der Waals surface area contributed by atoms with Crippen LogP contribution in [0.5, 0.6) is 0 Å². The summed E-state index contributed by atoms with van der Waals surface area (Å²) in [5, 5.41) is 18.1. The van der Waals surface area contributed by atoms with Crippen LogP contribution in [0.15, 0.2) is 0 Å². The van der Waals surface area contributed by atoms with E-state index in [9.17, 15) is 14.4 Å². The molecule has 0 heterocycles. The zero-order valence-corrected chi connectivity index (χ0v) is 22.7. The summed E-state index contributed by atoms with van der Waals surface area (Å²) in [5.41, 5.74) is -0.394. The Morgan fingerprint density at radius 2 is 1.65 bits per heavy atom. The molecule has 1 amide bonds. The molecule has 2 unspecified atom stereocenters. The first kappa shape index (κ1) is 32.5. The van der Waals surface area contributed by atoms with E-state index in [1.807, 2.05) is 27.7 Å². The molecule has 0 saturated carbocycles. The maximum atomic E-state index is 12.9. The largest absolute Gasteiger partial charge is 0.481 e. The molecule has 0 aromatic heterocycles. The van der Waals surface area contributed by atoms with Crippen molar-refractivity contribution in [3.63, 3.8) is 0 Å². The lowest BCUT2D eigenvalue weighted by Crippen LogP contribution is -2.55. The van der Waals surface area contributed by atoms with Crippen molar-refractivity contribution in [1.82, 2.24) is 16.0 Å². The number of hydrogen-bond donors (Lipinski definition) is 4. The van der Waals surface area contributed by atoms with Gasteiger partial charge in [0.25, 0.3) is 0 Å². The van der Waals surface area contributed by atoms with Gasteiger partial charge in [0.05, 0.1) is 37.9 Å². The number of ketones is 1. The minimum Gasteiger partial charge on any atom is -0.481 e. The lowest BCUT2D eigenvalue weighted by molar-refractivity contribution is -0.137. The van der Waals surface area contributed by atoms with E-state index in [1.54, 1.807) is 21.1 Å². The first-order chi connectivity index (χ1) is 15.7. The Morgan fingerprint density at radius 3 is 2.12 bits per heavy atom. The second-order valence-corrected chi connectivity index (χ2v) is 10.8. The first-order valence-electron chi connectivity index (χ1n) is 12.2. The van der Waals surface area contributed by atoms with E-state index in [2.05, 4.69) is 29.8 Å². The number of carboxylic acid groups (broad SMARTS) is 1. The highest BCUT2D eigenvalue weighted by Gasteiger charge is 2.30. The Kier molecular flexibility index (Phi) is 14.7. The molecule has 4 atom stereocenters. The van der Waals surface area contributed by atoms with Gasteiger partial charge >= 0.3 is 5.97 Å². The number of likely N-dealkylation sites (N-methyl/N-ethyl adjacent to an activating group) is 1. The third-order valence-corrected chi connectivity index (χ3v) is 6.16. The van der Waals surface area contributed by atoms with Crippen LogP contribution in [0.4, 0.5) is 0 Å². The Labute approximate surface area is 206 Å². The normalized spacial score (nSPS) is 16.5. The Morgan fingerprint density at radius 1 is 1.03 bits per heavy atom. The van der Waals surface area contributed by atoms with Crippen LogP contribution in [-0.4, -0.2) is 81.4 Å². The van der Waals surface area contributed by atoms with Gasteiger partial charge in [0, 0.05) is 30.9 Å². The summed E-state index contributed by atoms with van der Waals surface area (Å²) in [5.74, 6) is -1.28. The predicted molar refractivity (Wildman–Crippen MR) is 134 cm³/mol. The van der Waals surface area contributed by atoms with Crippen LogP contribution in [0.2, 0.25) is 0 Å². The molecule has 0 aliphatic heterocycles. The molecule has 0 spiro atoms. The summed E-state index contributed by atoms with van der Waals surface area (Å²) in [7, 11) is 3.41. The van der Waals surface area contributed by atoms with Gasteiger partial charge in [0.2, 0.25) is 5.91 Å². The molecule has 0 aliphatic rings. The standard InChI is InChI=1S/C25H49N3O6/c1-10-25(7,15-33-9)16-34-14-24(5,6)13-27-23(32)19(11-12-20(29)30)28-18(4)22(31)21(26-8)17(2)3/h17-19,21,26,28H,10-16H2,1-9H3,(H,27,32)(H,29,30)/t18?,19-,21-,25?/m0/s1. The maximum Gasteiger partial charge on any atom is 0.303 e. The molecule has 9 heteroatoms. The number of carboxylic acids is 1. The van der Waals surface area contributed by atoms with Gasteiger partial charge in [-0.25, -0.2) is 0 Å². The number of rotatable bonds is 19. The molecule has 200 valence electrons. The average molecular weight is 488 g/mol. The quantitative estimate of drug-likeness (QED) is 0.219. The van der Waals surface area contributed by atoms with E-state index in [4.69, 9.17) is 14.6 Å². The molecule has 34 heavy (non-hydrogen) atoms. The van der Waals surface area contributed by atoms with Crippen molar-refractivity contribution in [2.24, 2.45) is 16.7 Å². The molecule has 0 saturated heterocycles. The Hall–Kier alpha value is -1.55. The van der Waals surface area contributed by atoms with Crippen LogP contribution in [-0.2, 0) is 23.9 Å². The van der Waals surface area contributed by atoms with Gasteiger partial charge in [-0.1, -0.05) is 41.5 Å². The van der Waals surface area contributed by atoms with Crippen LogP contribution in [0.3, 0.4) is 0 Å². The van der Waals surface area contributed by atoms with Crippen LogP contribution in [0.1, 0.15) is 67.7 Å². The predicted octanol–water partition coefficient (Wildman–Crippen LogP) is 2.23. The molecule has 0 rings (SSSR count). The Bertz CT molecular complexity index is 640. The Balaban J connectivity index is 5.04. The number of amides is 1. The van der Waals surface area contributed by atoms with Crippen molar-refractivity contribution in [3.8, 4) is 0 Å². The van der Waals surface area contributed by atoms with Gasteiger partial charge in [0.15, 0.2) is 5.78 Å². The summed E-state index contributed by atoms with van der Waals surface area (Å²) in [6.45, 7) is 15.8. The highest BCUT2D eigenvalue weighted by molar-refractivity contribution is 5.90. The third-order valence-electron chi connectivity index (χ3n) is 6.16. The third kappa shape index (κ3) is 12.2. The number of hydrogen-bond acceptors (Lipinski definition) is 7. The number of aliphatic carboxylic acids is 1. The summed E-state index contributed by atoms with van der Waals surface area (Å²) >= 11 is 0. The molecular weight excluding hydrogens is 438 g/mol. The number of carbonyl (C=O) groups excluding carboxylic acids is 2. The van der Waals surface area contributed by atoms with Crippen molar-refractivity contribution in [3.05, 3.63) is 0 Å². The SMILES string of the molecule is CCC(C)(COC)COCC(C)(C)CNC(=O)[C@H](CCC(=O)O)NC(C)C(=O)[C@@H](NC)C(C)C. The highest BCUT2D eigenvalue weighted by Crippen LogP contribution is 2.23. The zero-order chi connectivity index (χ0) is 26.5. The minimum absolute atomic E-state index is 0.0608. The molecule has 9 nitrogen and oxygen atoms in total. The van der Waals surface area contributed by atoms with Crippen molar-refractivity contribution in [2.45, 2.75) is 85.9 Å². The topological polar surface area (TPSA) is 126 Å². The molecule has 0 aromatic carbocycles. The molecule has 0 fully saturated rings.